The predicted octanol–water partition coefficient (Wildman–Crippen LogP) is 3.64. The molecule has 0 amide bonds. The zero-order valence-electron chi connectivity index (χ0n) is 19.8. The number of carbonyl (C=O) groups excluding carboxylic acids is 2. The Morgan fingerprint density at radius 2 is 1.28 bits per heavy atom. The third kappa shape index (κ3) is 6.12. The minimum absolute atomic E-state index is 0.106. The fourth-order valence-electron chi connectivity index (χ4n) is 3.35. The molecule has 0 saturated carbocycles. The molecule has 2 aromatic rings. The monoisotopic (exact) mass is 501 g/mol. The minimum atomic E-state index is -0.719. The van der Waals surface area contributed by atoms with Crippen molar-refractivity contribution >= 4 is 36.9 Å². The van der Waals surface area contributed by atoms with Crippen molar-refractivity contribution in [1.82, 2.24) is 4.90 Å². The number of methoxy groups -OCH3 is 2. The molecule has 2 rings (SSSR count). The first kappa shape index (κ1) is 25.4. The standard InChI is InChI=1S/C26H31NO4Se/c1-26(2,3)21(18-14-10-8-11-15-18)23(32-19-16-12-9-13-17-19)22(27(4)5)20(24(28)30-6)25(29)31-7/h8-17H,1-7H3/b23-21+. The number of esters is 2. The number of rotatable bonds is 7. The second-order valence-corrected chi connectivity index (χ2v) is 10.6. The summed E-state index contributed by atoms with van der Waals surface area (Å²) in [7, 11) is 6.19. The zero-order valence-corrected chi connectivity index (χ0v) is 21.5. The van der Waals surface area contributed by atoms with Crippen LogP contribution in [-0.4, -0.2) is 60.1 Å². The summed E-state index contributed by atoms with van der Waals surface area (Å²) < 4.78 is 12.1. The summed E-state index contributed by atoms with van der Waals surface area (Å²) in [6.07, 6.45) is 0. The molecule has 0 spiro atoms. The van der Waals surface area contributed by atoms with E-state index in [1.165, 1.54) is 14.2 Å². The van der Waals surface area contributed by atoms with Crippen LogP contribution in [0.2, 0.25) is 0 Å². The number of hydrogen-bond donors (Lipinski definition) is 0. The van der Waals surface area contributed by atoms with Gasteiger partial charge in [-0.1, -0.05) is 0 Å². The van der Waals surface area contributed by atoms with E-state index in [0.717, 1.165) is 20.1 Å². The molecule has 0 radical (unpaired) electrons. The van der Waals surface area contributed by atoms with Crippen LogP contribution < -0.4 is 4.46 Å². The molecule has 0 saturated heterocycles. The van der Waals surface area contributed by atoms with E-state index in [2.05, 4.69) is 45.0 Å². The van der Waals surface area contributed by atoms with Gasteiger partial charge in [0, 0.05) is 0 Å². The van der Waals surface area contributed by atoms with Gasteiger partial charge in [0.05, 0.1) is 0 Å². The van der Waals surface area contributed by atoms with Gasteiger partial charge in [0.2, 0.25) is 0 Å². The molecule has 0 bridgehead atoms. The average molecular weight is 500 g/mol. The van der Waals surface area contributed by atoms with Crippen LogP contribution in [0, 0.1) is 5.41 Å². The molecule has 2 aromatic carbocycles. The van der Waals surface area contributed by atoms with Gasteiger partial charge >= 0.3 is 197 Å². The molecule has 170 valence electrons. The third-order valence-corrected chi connectivity index (χ3v) is 7.01. The van der Waals surface area contributed by atoms with Gasteiger partial charge in [0.15, 0.2) is 0 Å². The summed E-state index contributed by atoms with van der Waals surface area (Å²) in [6.45, 7) is 6.42. The average Bonchev–Trinajstić information content (AvgIpc) is 2.76. The quantitative estimate of drug-likeness (QED) is 0.145. The van der Waals surface area contributed by atoms with E-state index < -0.39 is 11.9 Å². The first-order valence-corrected chi connectivity index (χ1v) is 11.9. The van der Waals surface area contributed by atoms with E-state index in [1.54, 1.807) is 4.90 Å². The number of benzene rings is 2. The first-order valence-electron chi connectivity index (χ1n) is 10.2. The first-order chi connectivity index (χ1) is 15.1. The molecule has 0 unspecified atom stereocenters. The third-order valence-electron chi connectivity index (χ3n) is 4.68. The van der Waals surface area contributed by atoms with E-state index in [-0.39, 0.29) is 25.9 Å². The van der Waals surface area contributed by atoms with Crippen LogP contribution in [0.5, 0.6) is 0 Å². The van der Waals surface area contributed by atoms with E-state index in [4.69, 9.17) is 9.47 Å². The number of nitrogens with zero attached hydrogens (tertiary/aromatic N) is 1. The number of hydrogen-bond acceptors (Lipinski definition) is 5. The van der Waals surface area contributed by atoms with Gasteiger partial charge in [-0.05, 0) is 0 Å². The molecule has 32 heavy (non-hydrogen) atoms. The molecule has 0 heterocycles. The second kappa shape index (κ2) is 11.2. The predicted molar refractivity (Wildman–Crippen MR) is 129 cm³/mol. The number of likely N-dealkylation sites (N-methyl/N-ethyl adjacent to an activating group) is 1. The van der Waals surface area contributed by atoms with Crippen LogP contribution in [0.15, 0.2) is 76.4 Å². The Labute approximate surface area is 197 Å². The number of allylic oxidation sites excluding steroid dienone is 2. The molecule has 0 fully saturated rings. The topological polar surface area (TPSA) is 55.8 Å². The van der Waals surface area contributed by atoms with Crippen molar-refractivity contribution in [1.29, 1.82) is 0 Å². The van der Waals surface area contributed by atoms with E-state index >= 15 is 0 Å². The Morgan fingerprint density at radius 1 is 0.812 bits per heavy atom. The summed E-state index contributed by atoms with van der Waals surface area (Å²) in [4.78, 5) is 27.4. The summed E-state index contributed by atoms with van der Waals surface area (Å²) in [5, 5.41) is 0. The second-order valence-electron chi connectivity index (χ2n) is 8.34. The Balaban J connectivity index is 3.04. The summed E-state index contributed by atoms with van der Waals surface area (Å²) in [6, 6.07) is 20.2. The van der Waals surface area contributed by atoms with Crippen LogP contribution in [0.3, 0.4) is 0 Å². The van der Waals surface area contributed by atoms with Gasteiger partial charge in [-0.2, -0.15) is 0 Å². The molecule has 0 atom stereocenters. The van der Waals surface area contributed by atoms with Crippen LogP contribution in [-0.2, 0) is 19.1 Å². The summed E-state index contributed by atoms with van der Waals surface area (Å²) >= 11 is -0.216. The van der Waals surface area contributed by atoms with Crippen molar-refractivity contribution in [3.8, 4) is 0 Å². The molecule has 0 N–H and O–H groups in total. The number of ether oxygens (including phenoxy) is 2. The maximum atomic E-state index is 12.8. The molecule has 0 aliphatic heterocycles. The van der Waals surface area contributed by atoms with Crippen molar-refractivity contribution in [3.05, 3.63) is 82.0 Å². The molecule has 0 aliphatic rings. The molecule has 5 nitrogen and oxygen atoms in total. The van der Waals surface area contributed by atoms with E-state index in [0.29, 0.717) is 5.70 Å². The Morgan fingerprint density at radius 3 is 1.69 bits per heavy atom. The van der Waals surface area contributed by atoms with Gasteiger partial charge in [0.1, 0.15) is 0 Å². The van der Waals surface area contributed by atoms with E-state index in [9.17, 15) is 9.59 Å². The van der Waals surface area contributed by atoms with Crippen LogP contribution >= 0.6 is 0 Å². The molecular formula is C26H31NO4Se. The van der Waals surface area contributed by atoms with E-state index in [1.807, 2.05) is 50.5 Å². The van der Waals surface area contributed by atoms with Gasteiger partial charge in [-0.15, -0.1) is 0 Å². The fraction of sp³-hybridized carbons (Fsp3) is 0.308. The summed E-state index contributed by atoms with van der Waals surface area (Å²) in [5.41, 5.74) is 2.25. The summed E-state index contributed by atoms with van der Waals surface area (Å²) in [5.74, 6) is -1.44. The molecule has 0 aromatic heterocycles. The van der Waals surface area contributed by atoms with Crippen LogP contribution in [0.25, 0.3) is 5.57 Å². The SMILES string of the molecule is COC(=O)C(C(=O)OC)=C(/C([Se]c1ccccc1)=C(/c1ccccc1)C(C)(C)C)N(C)C. The fourth-order valence-corrected chi connectivity index (χ4v) is 6.37. The Hall–Kier alpha value is -2.82. The van der Waals surface area contributed by atoms with Crippen molar-refractivity contribution in [3.63, 3.8) is 0 Å². The maximum absolute atomic E-state index is 12.8. The van der Waals surface area contributed by atoms with Gasteiger partial charge in [-0.25, -0.2) is 0 Å². The Bertz CT molecular complexity index is 985. The van der Waals surface area contributed by atoms with Crippen molar-refractivity contribution < 1.29 is 19.1 Å². The van der Waals surface area contributed by atoms with Gasteiger partial charge < -0.3 is 0 Å². The van der Waals surface area contributed by atoms with Crippen LogP contribution in [0.4, 0.5) is 0 Å². The van der Waals surface area contributed by atoms with Crippen molar-refractivity contribution in [2.45, 2.75) is 20.8 Å². The number of carbonyl (C=O) groups is 2. The zero-order chi connectivity index (χ0) is 23.9. The van der Waals surface area contributed by atoms with Gasteiger partial charge in [0.25, 0.3) is 0 Å². The van der Waals surface area contributed by atoms with Crippen molar-refractivity contribution in [2.24, 2.45) is 5.41 Å². The van der Waals surface area contributed by atoms with Crippen LogP contribution in [0.1, 0.15) is 26.3 Å². The molecule has 0 aliphatic carbocycles. The van der Waals surface area contributed by atoms with Gasteiger partial charge in [-0.3, -0.25) is 0 Å². The molecule has 6 heteroatoms. The molecular weight excluding hydrogens is 469 g/mol. The van der Waals surface area contributed by atoms with Crippen molar-refractivity contribution in [2.75, 3.05) is 28.3 Å². The Kier molecular flexibility index (Phi) is 8.88. The normalized spacial score (nSPS) is 11.8.